The van der Waals surface area contributed by atoms with Gasteiger partial charge in [-0.15, -0.1) is 0 Å². The molecule has 0 amide bonds. The van der Waals surface area contributed by atoms with Gasteiger partial charge in [0.25, 0.3) is 0 Å². The number of methoxy groups -OCH3 is 1. The molecule has 1 aromatic carbocycles. The van der Waals surface area contributed by atoms with Gasteiger partial charge in [-0.3, -0.25) is 0 Å². The molecule has 0 spiro atoms. The first kappa shape index (κ1) is 13.2. The molecule has 100 valence electrons. The molecule has 0 saturated heterocycles. The summed E-state index contributed by atoms with van der Waals surface area (Å²) in [4.78, 5) is 0. The minimum atomic E-state index is -0.895. The number of hydrogen-bond donors (Lipinski definition) is 3. The van der Waals surface area contributed by atoms with E-state index in [1.165, 1.54) is 7.11 Å². The van der Waals surface area contributed by atoms with Gasteiger partial charge in [0, 0.05) is 5.92 Å². The molecule has 1 aliphatic carbocycles. The fourth-order valence-electron chi connectivity index (χ4n) is 2.87. The second-order valence-electron chi connectivity index (χ2n) is 4.99. The summed E-state index contributed by atoms with van der Waals surface area (Å²) in [6.07, 6.45) is 3.76. The Kier molecular flexibility index (Phi) is 3.78. The Bertz CT molecular complexity index is 422. The molecule has 0 bridgehead atoms. The van der Waals surface area contributed by atoms with Crippen LogP contribution >= 0.6 is 0 Å². The molecule has 2 rings (SSSR count). The number of phenolic OH excluding ortho intramolecular Hbond substituents is 1. The van der Waals surface area contributed by atoms with Crippen molar-refractivity contribution in [1.29, 1.82) is 0 Å². The van der Waals surface area contributed by atoms with Crippen molar-refractivity contribution in [2.24, 2.45) is 11.7 Å². The van der Waals surface area contributed by atoms with E-state index >= 15 is 0 Å². The highest BCUT2D eigenvalue weighted by atomic mass is 16.5. The molecule has 0 heterocycles. The predicted molar refractivity (Wildman–Crippen MR) is 69.6 cm³/mol. The molecule has 2 unspecified atom stereocenters. The summed E-state index contributed by atoms with van der Waals surface area (Å²) in [5.41, 5.74) is 5.67. The fourth-order valence-corrected chi connectivity index (χ4v) is 2.87. The first-order valence-electron chi connectivity index (χ1n) is 6.41. The van der Waals surface area contributed by atoms with Gasteiger partial charge in [-0.05, 0) is 37.1 Å². The minimum absolute atomic E-state index is 0.0699. The molecule has 1 saturated carbocycles. The summed E-state index contributed by atoms with van der Waals surface area (Å²) in [7, 11) is 1.50. The average molecular weight is 251 g/mol. The summed E-state index contributed by atoms with van der Waals surface area (Å²) in [6, 6.07) is 5.03. The summed E-state index contributed by atoms with van der Waals surface area (Å²) < 4.78 is 5.10. The quantitative estimate of drug-likeness (QED) is 0.765. The highest BCUT2D eigenvalue weighted by Crippen LogP contribution is 2.43. The lowest BCUT2D eigenvalue weighted by Crippen LogP contribution is -2.41. The average Bonchev–Trinajstić information content (AvgIpc) is 2.39. The number of benzene rings is 1. The van der Waals surface area contributed by atoms with Crippen LogP contribution < -0.4 is 10.5 Å². The van der Waals surface area contributed by atoms with Crippen LogP contribution in [-0.4, -0.2) is 23.9 Å². The number of hydrogen-bond acceptors (Lipinski definition) is 4. The first-order chi connectivity index (χ1) is 8.61. The fraction of sp³-hybridized carbons (Fsp3) is 0.571. The van der Waals surface area contributed by atoms with E-state index in [2.05, 4.69) is 0 Å². The van der Waals surface area contributed by atoms with Crippen molar-refractivity contribution >= 4 is 0 Å². The minimum Gasteiger partial charge on any atom is -0.504 e. The third-order valence-corrected chi connectivity index (χ3v) is 4.00. The van der Waals surface area contributed by atoms with Gasteiger partial charge >= 0.3 is 0 Å². The molecule has 18 heavy (non-hydrogen) atoms. The van der Waals surface area contributed by atoms with E-state index in [1.807, 2.05) is 0 Å². The molecule has 0 radical (unpaired) electrons. The lowest BCUT2D eigenvalue weighted by atomic mass is 9.71. The topological polar surface area (TPSA) is 75.7 Å². The molecule has 2 atom stereocenters. The molecule has 0 aromatic heterocycles. The summed E-state index contributed by atoms with van der Waals surface area (Å²) in [5, 5.41) is 20.5. The largest absolute Gasteiger partial charge is 0.504 e. The lowest BCUT2D eigenvalue weighted by molar-refractivity contribution is -0.0507. The van der Waals surface area contributed by atoms with Crippen LogP contribution in [0.4, 0.5) is 0 Å². The third-order valence-electron chi connectivity index (χ3n) is 4.00. The highest BCUT2D eigenvalue weighted by Gasteiger charge is 2.39. The van der Waals surface area contributed by atoms with Gasteiger partial charge in [-0.2, -0.15) is 0 Å². The second-order valence-corrected chi connectivity index (χ2v) is 4.99. The van der Waals surface area contributed by atoms with Crippen LogP contribution in [0.1, 0.15) is 31.2 Å². The van der Waals surface area contributed by atoms with E-state index in [4.69, 9.17) is 10.5 Å². The normalized spacial score (nSPS) is 28.1. The standard InChI is InChI=1S/C14H21NO3/c1-18-13-8-10(5-6-12(13)16)14(17)7-3-2-4-11(14)9-15/h5-6,8,11,16-17H,2-4,7,9,15H2,1H3. The Balaban J connectivity index is 2.38. The van der Waals surface area contributed by atoms with E-state index < -0.39 is 5.60 Å². The van der Waals surface area contributed by atoms with Crippen LogP contribution in [0.25, 0.3) is 0 Å². The van der Waals surface area contributed by atoms with Crippen molar-refractivity contribution < 1.29 is 14.9 Å². The molecular formula is C14H21NO3. The molecule has 4 nitrogen and oxygen atoms in total. The maximum atomic E-state index is 10.9. The Morgan fingerprint density at radius 3 is 2.89 bits per heavy atom. The molecule has 0 aliphatic heterocycles. The van der Waals surface area contributed by atoms with Crippen molar-refractivity contribution in [3.63, 3.8) is 0 Å². The summed E-state index contributed by atoms with van der Waals surface area (Å²) in [6.45, 7) is 0.472. The van der Waals surface area contributed by atoms with Gasteiger partial charge < -0.3 is 20.7 Å². The Labute approximate surface area is 107 Å². The van der Waals surface area contributed by atoms with E-state index in [0.29, 0.717) is 18.7 Å². The SMILES string of the molecule is COc1cc(C2(O)CCCCC2CN)ccc1O. The Morgan fingerprint density at radius 2 is 2.22 bits per heavy atom. The van der Waals surface area contributed by atoms with Gasteiger partial charge in [0.05, 0.1) is 12.7 Å². The second kappa shape index (κ2) is 5.16. The van der Waals surface area contributed by atoms with Crippen molar-refractivity contribution in [1.82, 2.24) is 0 Å². The Morgan fingerprint density at radius 1 is 1.44 bits per heavy atom. The van der Waals surface area contributed by atoms with Crippen LogP contribution in [0.5, 0.6) is 11.5 Å². The molecular weight excluding hydrogens is 230 g/mol. The zero-order chi connectivity index (χ0) is 13.2. The number of rotatable bonds is 3. The van der Waals surface area contributed by atoms with Gasteiger partial charge in [0.2, 0.25) is 0 Å². The van der Waals surface area contributed by atoms with Crippen LogP contribution in [0.3, 0.4) is 0 Å². The van der Waals surface area contributed by atoms with E-state index in [0.717, 1.165) is 24.8 Å². The lowest BCUT2D eigenvalue weighted by Gasteiger charge is -2.40. The zero-order valence-electron chi connectivity index (χ0n) is 10.7. The molecule has 4 heteroatoms. The Hall–Kier alpha value is -1.26. The zero-order valence-corrected chi connectivity index (χ0v) is 10.7. The van der Waals surface area contributed by atoms with Crippen molar-refractivity contribution in [2.75, 3.05) is 13.7 Å². The van der Waals surface area contributed by atoms with Gasteiger partial charge in [0.1, 0.15) is 0 Å². The van der Waals surface area contributed by atoms with Crippen molar-refractivity contribution in [3.05, 3.63) is 23.8 Å². The van der Waals surface area contributed by atoms with Crippen LogP contribution in [0.2, 0.25) is 0 Å². The smallest absolute Gasteiger partial charge is 0.160 e. The van der Waals surface area contributed by atoms with Gasteiger partial charge in [-0.25, -0.2) is 0 Å². The van der Waals surface area contributed by atoms with E-state index in [9.17, 15) is 10.2 Å². The van der Waals surface area contributed by atoms with Gasteiger partial charge in [-0.1, -0.05) is 18.9 Å². The summed E-state index contributed by atoms with van der Waals surface area (Å²) in [5.74, 6) is 0.549. The van der Waals surface area contributed by atoms with Crippen molar-refractivity contribution in [2.45, 2.75) is 31.3 Å². The molecule has 1 aromatic rings. The summed E-state index contributed by atoms with van der Waals surface area (Å²) >= 11 is 0. The predicted octanol–water partition coefficient (Wildman–Crippen LogP) is 1.74. The maximum Gasteiger partial charge on any atom is 0.160 e. The van der Waals surface area contributed by atoms with Crippen LogP contribution in [0, 0.1) is 5.92 Å². The first-order valence-corrected chi connectivity index (χ1v) is 6.41. The van der Waals surface area contributed by atoms with Crippen LogP contribution in [0.15, 0.2) is 18.2 Å². The van der Waals surface area contributed by atoms with Crippen LogP contribution in [-0.2, 0) is 5.60 Å². The number of ether oxygens (including phenoxy) is 1. The number of aliphatic hydroxyl groups is 1. The molecule has 1 aliphatic rings. The number of aromatic hydroxyl groups is 1. The van der Waals surface area contributed by atoms with Crippen molar-refractivity contribution in [3.8, 4) is 11.5 Å². The maximum absolute atomic E-state index is 10.9. The number of phenols is 1. The van der Waals surface area contributed by atoms with E-state index in [1.54, 1.807) is 18.2 Å². The molecule has 4 N–H and O–H groups in total. The monoisotopic (exact) mass is 251 g/mol. The van der Waals surface area contributed by atoms with E-state index in [-0.39, 0.29) is 11.7 Å². The van der Waals surface area contributed by atoms with Gasteiger partial charge in [0.15, 0.2) is 11.5 Å². The highest BCUT2D eigenvalue weighted by molar-refractivity contribution is 5.43. The molecule has 1 fully saturated rings. The number of nitrogens with two attached hydrogens (primary N) is 1. The third kappa shape index (κ3) is 2.18.